The number of nitrogens with two attached hydrogens (primary N) is 1. The van der Waals surface area contributed by atoms with Crippen molar-refractivity contribution in [2.45, 2.75) is 86.7 Å². The molecule has 2 heterocycles. The summed E-state index contributed by atoms with van der Waals surface area (Å²) in [6, 6.07) is 1.62. The highest BCUT2D eigenvalue weighted by molar-refractivity contribution is 7.90. The lowest BCUT2D eigenvalue weighted by atomic mass is 9.89. The molecule has 1 amide bonds. The van der Waals surface area contributed by atoms with Gasteiger partial charge in [0.05, 0.1) is 17.4 Å². The van der Waals surface area contributed by atoms with Crippen LogP contribution in [0.1, 0.15) is 90.5 Å². The van der Waals surface area contributed by atoms with Crippen LogP contribution in [-0.2, 0) is 21.2 Å². The molecule has 2 atom stereocenters. The Morgan fingerprint density at radius 2 is 1.53 bits per heavy atom. The maximum Gasteiger partial charge on any atom is 0.271 e. The molecule has 2 aromatic heterocycles. The van der Waals surface area contributed by atoms with Gasteiger partial charge >= 0.3 is 0 Å². The van der Waals surface area contributed by atoms with Gasteiger partial charge in [-0.3, -0.25) is 20.6 Å². The van der Waals surface area contributed by atoms with Gasteiger partial charge in [-0.25, -0.2) is 18.4 Å². The summed E-state index contributed by atoms with van der Waals surface area (Å²) in [6.45, 7) is 31.9. The molecule has 260 valence electrons. The first-order valence-electron chi connectivity index (χ1n) is 14.9. The number of hydrazine groups is 1. The molecule has 1 fully saturated rings. The predicted molar refractivity (Wildman–Crippen MR) is 195 cm³/mol. The van der Waals surface area contributed by atoms with Crippen molar-refractivity contribution in [2.24, 2.45) is 16.0 Å². The summed E-state index contributed by atoms with van der Waals surface area (Å²) in [5.41, 5.74) is 12.0. The van der Waals surface area contributed by atoms with E-state index < -0.39 is 21.9 Å². The standard InChI is InChI=1S/C15H19N7O3S.C8H16O.2C2H6.3C2H4.2H2/c1-10-5-12(9-17-6-10)14(23)20-21-15(16)22-26(24,25)4-3-13-18-7-11(2)8-19-13;1-7-4-3-5-8(6-7)9-2;5*1-2;;/h5-9H,3-4H2,1-2H3,(H,20,23)(H3,16,21,22);7-8H,3-6H2,1-2H3;2*1-2H3;3*1-2H2;2*1H/t;7-,8+;;;;;;;/m.1......./s1. The van der Waals surface area contributed by atoms with Crippen molar-refractivity contribution in [1.29, 1.82) is 0 Å². The lowest BCUT2D eigenvalue weighted by Crippen LogP contribution is -2.46. The molecular formula is C33H63N7O4S. The Morgan fingerprint density at radius 1 is 0.978 bits per heavy atom. The van der Waals surface area contributed by atoms with Gasteiger partial charge in [-0.2, -0.15) is 0 Å². The maximum absolute atomic E-state index is 12.0. The molecular weight excluding hydrogens is 590 g/mol. The quantitative estimate of drug-likeness (QED) is 0.132. The van der Waals surface area contributed by atoms with Crippen LogP contribution in [0.2, 0.25) is 0 Å². The van der Waals surface area contributed by atoms with Gasteiger partial charge in [0.25, 0.3) is 15.9 Å². The third kappa shape index (κ3) is 25.2. The molecule has 3 rings (SSSR count). The largest absolute Gasteiger partial charge is 0.381 e. The lowest BCUT2D eigenvalue weighted by Gasteiger charge is -2.25. The molecule has 12 heteroatoms. The molecule has 2 aromatic rings. The number of aromatic nitrogens is 3. The van der Waals surface area contributed by atoms with Crippen LogP contribution >= 0.6 is 0 Å². The molecule has 4 N–H and O–H groups in total. The van der Waals surface area contributed by atoms with E-state index in [9.17, 15) is 13.2 Å². The van der Waals surface area contributed by atoms with Crippen LogP contribution in [0, 0.1) is 19.8 Å². The van der Waals surface area contributed by atoms with Gasteiger partial charge in [-0.1, -0.05) is 47.5 Å². The van der Waals surface area contributed by atoms with Crippen LogP contribution < -0.4 is 16.6 Å². The number of sulfonamides is 1. The Balaban J connectivity index is -0.000000167. The molecule has 0 saturated heterocycles. The second kappa shape index (κ2) is 31.5. The second-order valence-corrected chi connectivity index (χ2v) is 10.4. The number of carbonyl (C=O) groups excluding carboxylic acids is 1. The zero-order chi connectivity index (χ0) is 35.8. The SMILES string of the molecule is C=C.C=C.C=C.CC.CC.CO[C@H]1CCC[C@@H](C)C1.Cc1cnc(CCS(=O)(=O)/N=C(/N)NNC(=O)c2cncc(C)c2)nc1.[HH].[HH]. The molecule has 11 nitrogen and oxygen atoms in total. The fraction of sp³-hybridized carbons (Fsp3) is 0.485. The Labute approximate surface area is 276 Å². The van der Waals surface area contributed by atoms with Crippen molar-refractivity contribution in [1.82, 2.24) is 25.8 Å². The van der Waals surface area contributed by atoms with Gasteiger partial charge < -0.3 is 10.5 Å². The summed E-state index contributed by atoms with van der Waals surface area (Å²) in [7, 11) is -2.03. The average molecular weight is 654 g/mol. The number of rotatable bonds is 6. The van der Waals surface area contributed by atoms with Crippen LogP contribution in [0.4, 0.5) is 0 Å². The number of aryl methyl sites for hydroxylation is 3. The van der Waals surface area contributed by atoms with Gasteiger partial charge in [-0.15, -0.1) is 43.9 Å². The Kier molecular flexibility index (Phi) is 33.6. The van der Waals surface area contributed by atoms with Gasteiger partial charge in [0.2, 0.25) is 5.96 Å². The minimum absolute atomic E-state index is 0. The van der Waals surface area contributed by atoms with Crippen molar-refractivity contribution in [3.8, 4) is 0 Å². The average Bonchev–Trinajstić information content (AvgIpc) is 3.08. The van der Waals surface area contributed by atoms with E-state index in [0.717, 1.165) is 17.0 Å². The zero-order valence-corrected chi connectivity index (χ0v) is 29.8. The van der Waals surface area contributed by atoms with Crippen molar-refractivity contribution < 1.29 is 20.8 Å². The fourth-order valence-corrected chi connectivity index (χ4v) is 4.33. The molecule has 1 saturated carbocycles. The van der Waals surface area contributed by atoms with Crippen LogP contribution in [0.25, 0.3) is 0 Å². The van der Waals surface area contributed by atoms with E-state index >= 15 is 0 Å². The smallest absolute Gasteiger partial charge is 0.271 e. The van der Waals surface area contributed by atoms with Gasteiger partial charge in [0.15, 0.2) is 0 Å². The van der Waals surface area contributed by atoms with E-state index in [0.29, 0.717) is 17.5 Å². The van der Waals surface area contributed by atoms with Crippen molar-refractivity contribution in [2.75, 3.05) is 12.9 Å². The third-order valence-electron chi connectivity index (χ3n) is 5.32. The molecule has 0 spiro atoms. The third-order valence-corrected chi connectivity index (χ3v) is 6.51. The maximum atomic E-state index is 12.0. The Bertz CT molecular complexity index is 1150. The number of nitrogens with one attached hydrogen (secondary N) is 2. The lowest BCUT2D eigenvalue weighted by molar-refractivity contribution is 0.0542. The second-order valence-electron chi connectivity index (χ2n) is 8.65. The number of pyridine rings is 1. The van der Waals surface area contributed by atoms with Crippen LogP contribution in [0.3, 0.4) is 0 Å². The number of amides is 1. The normalized spacial score (nSPS) is 14.7. The van der Waals surface area contributed by atoms with Crippen LogP contribution in [0.5, 0.6) is 0 Å². The van der Waals surface area contributed by atoms with E-state index in [1.165, 1.54) is 31.9 Å². The molecule has 1 aliphatic carbocycles. The number of nitrogens with zero attached hydrogens (tertiary/aromatic N) is 4. The Hall–Kier alpha value is -3.90. The molecule has 1 aliphatic rings. The summed E-state index contributed by atoms with van der Waals surface area (Å²) in [5.74, 6) is -0.00721. The van der Waals surface area contributed by atoms with Gasteiger partial charge in [0, 0.05) is 41.2 Å². The molecule has 0 unspecified atom stereocenters. The van der Waals surface area contributed by atoms with E-state index in [1.54, 1.807) is 31.6 Å². The van der Waals surface area contributed by atoms with E-state index in [-0.39, 0.29) is 15.0 Å². The van der Waals surface area contributed by atoms with E-state index in [1.807, 2.05) is 41.7 Å². The fourth-order valence-electron chi connectivity index (χ4n) is 3.45. The summed E-state index contributed by atoms with van der Waals surface area (Å²) in [6.07, 6.45) is 12.2. The first kappa shape index (κ1) is 48.0. The van der Waals surface area contributed by atoms with Gasteiger partial charge in [-0.05, 0) is 49.8 Å². The minimum atomic E-state index is -3.85. The molecule has 0 bridgehead atoms. The van der Waals surface area contributed by atoms with Crippen LogP contribution in [-0.4, -0.2) is 54.2 Å². The molecule has 0 aromatic carbocycles. The van der Waals surface area contributed by atoms with Crippen LogP contribution in [0.15, 0.2) is 74.7 Å². The van der Waals surface area contributed by atoms with Crippen molar-refractivity contribution >= 4 is 21.9 Å². The molecule has 0 radical (unpaired) electrons. The summed E-state index contributed by atoms with van der Waals surface area (Å²) in [5, 5.41) is 0. The number of carbonyl (C=O) groups is 1. The highest BCUT2D eigenvalue weighted by Crippen LogP contribution is 2.24. The summed E-state index contributed by atoms with van der Waals surface area (Å²) < 4.78 is 32.6. The number of hydrogen-bond acceptors (Lipinski definition) is 7. The first-order valence-corrected chi connectivity index (χ1v) is 16.6. The summed E-state index contributed by atoms with van der Waals surface area (Å²) in [4.78, 5) is 23.9. The first-order chi connectivity index (χ1) is 21.6. The number of methoxy groups -OCH3 is 1. The zero-order valence-electron chi connectivity index (χ0n) is 28.9. The van der Waals surface area contributed by atoms with Crippen molar-refractivity contribution in [3.05, 3.63) is 92.8 Å². The Morgan fingerprint density at radius 3 is 2.00 bits per heavy atom. The topological polar surface area (TPSA) is 162 Å². The monoisotopic (exact) mass is 653 g/mol. The van der Waals surface area contributed by atoms with Crippen molar-refractivity contribution in [3.63, 3.8) is 0 Å². The minimum Gasteiger partial charge on any atom is -0.381 e. The highest BCUT2D eigenvalue weighted by atomic mass is 32.2. The number of ether oxygens (including phenoxy) is 1. The molecule has 45 heavy (non-hydrogen) atoms. The molecule has 0 aliphatic heterocycles. The van der Waals surface area contributed by atoms with E-state index in [4.69, 9.17) is 10.5 Å². The predicted octanol–water partition coefficient (Wildman–Crippen LogP) is 6.77. The highest BCUT2D eigenvalue weighted by Gasteiger charge is 2.17. The summed E-state index contributed by atoms with van der Waals surface area (Å²) >= 11 is 0. The van der Waals surface area contributed by atoms with Gasteiger partial charge in [0.1, 0.15) is 5.82 Å². The number of guanidine groups is 1. The number of hydrogen-bond donors (Lipinski definition) is 3. The van der Waals surface area contributed by atoms with E-state index in [2.05, 4.69) is 76.6 Å².